The van der Waals surface area contributed by atoms with Crippen LogP contribution < -0.4 is 20.2 Å². The molecule has 0 saturated carbocycles. The molecule has 130 valence electrons. The predicted octanol–water partition coefficient (Wildman–Crippen LogP) is 4.11. The maximum absolute atomic E-state index is 6.01. The summed E-state index contributed by atoms with van der Waals surface area (Å²) in [6.45, 7) is 2.66. The average Bonchev–Trinajstić information content (AvgIpc) is 3.08. The van der Waals surface area contributed by atoms with Gasteiger partial charge in [0.1, 0.15) is 0 Å². The molecule has 0 atom stereocenters. The molecular weight excluding hydrogens is 381 g/mol. The van der Waals surface area contributed by atoms with E-state index in [2.05, 4.69) is 15.8 Å². The van der Waals surface area contributed by atoms with Gasteiger partial charge in [-0.25, -0.2) is 0 Å². The lowest BCUT2D eigenvalue weighted by Crippen LogP contribution is -2.32. The third-order valence-corrected chi connectivity index (χ3v) is 4.53. The lowest BCUT2D eigenvalue weighted by Gasteiger charge is -2.09. The normalized spacial score (nSPS) is 12.8. The molecule has 0 radical (unpaired) electrons. The molecule has 0 bridgehead atoms. The third kappa shape index (κ3) is 4.54. The molecule has 3 rings (SSSR count). The summed E-state index contributed by atoms with van der Waals surface area (Å²) in [6.07, 6.45) is 0. The molecule has 0 aromatic heterocycles. The number of thiocarbonyl (C=S) groups is 1. The zero-order valence-corrected chi connectivity index (χ0v) is 15.6. The topological polar surface area (TPSA) is 54.9 Å². The SMILES string of the molecule is C/C(=N/NC(=S)NCc1ccc2c(c1)OCO2)c1ccc(Cl)c(Cl)c1. The Labute approximate surface area is 160 Å². The number of hydrazone groups is 1. The Kier molecular flexibility index (Phi) is 5.63. The van der Waals surface area contributed by atoms with Crippen LogP contribution in [0.5, 0.6) is 11.5 Å². The first-order chi connectivity index (χ1) is 12.0. The number of halogens is 2. The second-order valence-electron chi connectivity index (χ2n) is 5.31. The Balaban J connectivity index is 1.54. The zero-order valence-electron chi connectivity index (χ0n) is 13.3. The zero-order chi connectivity index (χ0) is 17.8. The van der Waals surface area contributed by atoms with Gasteiger partial charge in [-0.05, 0) is 54.5 Å². The first kappa shape index (κ1) is 17.8. The second kappa shape index (κ2) is 7.91. The molecule has 5 nitrogen and oxygen atoms in total. The molecule has 0 saturated heterocycles. The third-order valence-electron chi connectivity index (χ3n) is 3.55. The summed E-state index contributed by atoms with van der Waals surface area (Å²) in [5.41, 5.74) is 5.44. The summed E-state index contributed by atoms with van der Waals surface area (Å²) in [6, 6.07) is 11.1. The molecule has 2 aromatic carbocycles. The van der Waals surface area contributed by atoms with Gasteiger partial charge >= 0.3 is 0 Å². The second-order valence-corrected chi connectivity index (χ2v) is 6.53. The molecule has 0 unspecified atom stereocenters. The van der Waals surface area contributed by atoms with E-state index >= 15 is 0 Å². The van der Waals surface area contributed by atoms with Crippen molar-refractivity contribution in [1.82, 2.24) is 10.7 Å². The highest BCUT2D eigenvalue weighted by atomic mass is 35.5. The number of hydrogen-bond donors (Lipinski definition) is 2. The number of nitrogens with one attached hydrogen (secondary N) is 2. The monoisotopic (exact) mass is 395 g/mol. The number of ether oxygens (including phenoxy) is 2. The number of rotatable bonds is 4. The van der Waals surface area contributed by atoms with Crippen molar-refractivity contribution < 1.29 is 9.47 Å². The first-order valence-electron chi connectivity index (χ1n) is 7.45. The van der Waals surface area contributed by atoms with Crippen LogP contribution in [0.3, 0.4) is 0 Å². The summed E-state index contributed by atoms with van der Waals surface area (Å²) in [5, 5.41) is 8.74. The number of nitrogens with zero attached hydrogens (tertiary/aromatic N) is 1. The largest absolute Gasteiger partial charge is 0.454 e. The maximum Gasteiger partial charge on any atom is 0.231 e. The van der Waals surface area contributed by atoms with E-state index in [0.717, 1.165) is 28.3 Å². The quantitative estimate of drug-likeness (QED) is 0.463. The van der Waals surface area contributed by atoms with Gasteiger partial charge in [-0.1, -0.05) is 35.3 Å². The molecule has 1 aliphatic heterocycles. The van der Waals surface area contributed by atoms with E-state index in [4.69, 9.17) is 44.9 Å². The Morgan fingerprint density at radius 2 is 1.92 bits per heavy atom. The van der Waals surface area contributed by atoms with Crippen LogP contribution in [0.25, 0.3) is 0 Å². The van der Waals surface area contributed by atoms with Gasteiger partial charge in [0.2, 0.25) is 6.79 Å². The van der Waals surface area contributed by atoms with E-state index in [1.807, 2.05) is 31.2 Å². The smallest absolute Gasteiger partial charge is 0.231 e. The van der Waals surface area contributed by atoms with Crippen LogP contribution in [0, 0.1) is 0 Å². The van der Waals surface area contributed by atoms with E-state index < -0.39 is 0 Å². The lowest BCUT2D eigenvalue weighted by atomic mass is 10.1. The summed E-state index contributed by atoms with van der Waals surface area (Å²) in [4.78, 5) is 0. The number of hydrogen-bond acceptors (Lipinski definition) is 4. The minimum atomic E-state index is 0.259. The molecule has 0 fully saturated rings. The minimum absolute atomic E-state index is 0.259. The highest BCUT2D eigenvalue weighted by Crippen LogP contribution is 2.32. The van der Waals surface area contributed by atoms with Gasteiger partial charge in [0.25, 0.3) is 0 Å². The van der Waals surface area contributed by atoms with E-state index in [0.29, 0.717) is 21.7 Å². The molecule has 1 aliphatic rings. The van der Waals surface area contributed by atoms with Crippen molar-refractivity contribution in [1.29, 1.82) is 0 Å². The van der Waals surface area contributed by atoms with E-state index in [9.17, 15) is 0 Å². The summed E-state index contributed by atoms with van der Waals surface area (Å²) in [7, 11) is 0. The van der Waals surface area contributed by atoms with Crippen LogP contribution in [-0.2, 0) is 6.54 Å². The van der Waals surface area contributed by atoms with Gasteiger partial charge in [-0.3, -0.25) is 5.43 Å². The van der Waals surface area contributed by atoms with Gasteiger partial charge in [-0.2, -0.15) is 5.10 Å². The van der Waals surface area contributed by atoms with E-state index in [-0.39, 0.29) is 6.79 Å². The predicted molar refractivity (Wildman–Crippen MR) is 104 cm³/mol. The Morgan fingerprint density at radius 1 is 1.12 bits per heavy atom. The van der Waals surface area contributed by atoms with Crippen LogP contribution in [0.1, 0.15) is 18.1 Å². The standard InChI is InChI=1S/C17H15Cl2N3O2S/c1-10(12-3-4-13(18)14(19)7-12)21-22-17(25)20-8-11-2-5-15-16(6-11)24-9-23-15/h2-7H,8-9H2,1H3,(H2,20,22,25)/b21-10-. The van der Waals surface area contributed by atoms with Crippen molar-refractivity contribution in [2.75, 3.05) is 6.79 Å². The Hall–Kier alpha value is -2.02. The molecule has 1 heterocycles. The Morgan fingerprint density at radius 3 is 2.72 bits per heavy atom. The van der Waals surface area contributed by atoms with Crippen molar-refractivity contribution in [3.05, 3.63) is 57.6 Å². The van der Waals surface area contributed by atoms with Gasteiger partial charge in [0.15, 0.2) is 16.6 Å². The van der Waals surface area contributed by atoms with Gasteiger partial charge < -0.3 is 14.8 Å². The van der Waals surface area contributed by atoms with Gasteiger partial charge in [0, 0.05) is 6.54 Å². The molecule has 2 N–H and O–H groups in total. The molecule has 0 spiro atoms. The molecule has 0 amide bonds. The van der Waals surface area contributed by atoms with Crippen molar-refractivity contribution in [3.8, 4) is 11.5 Å². The minimum Gasteiger partial charge on any atom is -0.454 e. The van der Waals surface area contributed by atoms with Crippen molar-refractivity contribution in [3.63, 3.8) is 0 Å². The van der Waals surface area contributed by atoms with Crippen molar-refractivity contribution >= 4 is 46.2 Å². The lowest BCUT2D eigenvalue weighted by molar-refractivity contribution is 0.174. The fourth-order valence-corrected chi connectivity index (χ4v) is 2.61. The molecular formula is C17H15Cl2N3O2S. The molecule has 0 aliphatic carbocycles. The highest BCUT2D eigenvalue weighted by Gasteiger charge is 2.13. The number of fused-ring (bicyclic) bond motifs is 1. The summed E-state index contributed by atoms with van der Waals surface area (Å²) < 4.78 is 10.6. The van der Waals surface area contributed by atoms with Crippen LogP contribution in [0.15, 0.2) is 41.5 Å². The fraction of sp³-hybridized carbons (Fsp3) is 0.176. The molecule has 25 heavy (non-hydrogen) atoms. The van der Waals surface area contributed by atoms with E-state index in [1.54, 1.807) is 12.1 Å². The summed E-state index contributed by atoms with van der Waals surface area (Å²) >= 11 is 17.2. The van der Waals surface area contributed by atoms with Crippen LogP contribution in [-0.4, -0.2) is 17.6 Å². The van der Waals surface area contributed by atoms with Crippen LogP contribution in [0.2, 0.25) is 10.0 Å². The van der Waals surface area contributed by atoms with E-state index in [1.165, 1.54) is 0 Å². The molecule has 8 heteroatoms. The van der Waals surface area contributed by atoms with Crippen molar-refractivity contribution in [2.45, 2.75) is 13.5 Å². The average molecular weight is 396 g/mol. The first-order valence-corrected chi connectivity index (χ1v) is 8.61. The fourth-order valence-electron chi connectivity index (χ4n) is 2.19. The van der Waals surface area contributed by atoms with Gasteiger partial charge in [0.05, 0.1) is 15.8 Å². The Bertz CT molecular complexity index is 843. The number of benzene rings is 2. The summed E-state index contributed by atoms with van der Waals surface area (Å²) in [5.74, 6) is 1.50. The van der Waals surface area contributed by atoms with Crippen LogP contribution in [0.4, 0.5) is 0 Å². The van der Waals surface area contributed by atoms with Crippen LogP contribution >= 0.6 is 35.4 Å². The van der Waals surface area contributed by atoms with Crippen molar-refractivity contribution in [2.24, 2.45) is 5.10 Å². The maximum atomic E-state index is 6.01. The molecule has 2 aromatic rings. The highest BCUT2D eigenvalue weighted by molar-refractivity contribution is 7.80. The van der Waals surface area contributed by atoms with Gasteiger partial charge in [-0.15, -0.1) is 0 Å².